The number of nitrogens with one attached hydrogen (secondary N) is 2. The molecule has 2 aromatic carbocycles. The molecule has 1 aromatic heterocycles. The average molecular weight is 473 g/mol. The summed E-state index contributed by atoms with van der Waals surface area (Å²) in [6, 6.07) is 15.5. The molecule has 0 aliphatic carbocycles. The second kappa shape index (κ2) is 11.0. The third-order valence-electron chi connectivity index (χ3n) is 4.51. The molecule has 2 amide bonds. The van der Waals surface area contributed by atoms with Crippen LogP contribution in [0.3, 0.4) is 0 Å². The first-order chi connectivity index (χ1) is 15.4. The Labute approximate surface area is 196 Å². The van der Waals surface area contributed by atoms with Gasteiger partial charge >= 0.3 is 0 Å². The van der Waals surface area contributed by atoms with Gasteiger partial charge in [-0.2, -0.15) is 0 Å². The fourth-order valence-electron chi connectivity index (χ4n) is 2.82. The SMILES string of the molecule is COCCNC(=O)C(=Cc1ccc(-c2cc(Cl)ccc2Cl)o1)NC(=O)c1ccc(C)cc1. The van der Waals surface area contributed by atoms with Crippen LogP contribution in [0.2, 0.25) is 10.0 Å². The Morgan fingerprint density at radius 1 is 1.06 bits per heavy atom. The summed E-state index contributed by atoms with van der Waals surface area (Å²) in [6.07, 6.45) is 1.45. The number of amides is 2. The van der Waals surface area contributed by atoms with Crippen molar-refractivity contribution in [2.24, 2.45) is 0 Å². The maximum absolute atomic E-state index is 12.7. The summed E-state index contributed by atoms with van der Waals surface area (Å²) in [6.45, 7) is 2.55. The number of hydrogen-bond donors (Lipinski definition) is 2. The molecule has 0 saturated heterocycles. The lowest BCUT2D eigenvalue weighted by atomic mass is 10.1. The number of carbonyl (C=O) groups excluding carboxylic acids is 2. The minimum absolute atomic E-state index is 0.0322. The molecule has 3 rings (SSSR count). The molecule has 6 nitrogen and oxygen atoms in total. The molecule has 166 valence electrons. The number of benzene rings is 2. The van der Waals surface area contributed by atoms with Crippen LogP contribution >= 0.6 is 23.2 Å². The van der Waals surface area contributed by atoms with Crippen molar-refractivity contribution in [2.75, 3.05) is 20.3 Å². The summed E-state index contributed by atoms with van der Waals surface area (Å²) in [4.78, 5) is 25.4. The lowest BCUT2D eigenvalue weighted by molar-refractivity contribution is -0.117. The topological polar surface area (TPSA) is 80.6 Å². The number of ether oxygens (including phenoxy) is 1. The number of methoxy groups -OCH3 is 1. The van der Waals surface area contributed by atoms with E-state index in [9.17, 15) is 9.59 Å². The number of rotatable bonds is 8. The predicted octanol–water partition coefficient (Wildman–Crippen LogP) is 5.10. The molecule has 0 aliphatic heterocycles. The Kier molecular flexibility index (Phi) is 8.11. The van der Waals surface area contributed by atoms with Gasteiger partial charge in [0.05, 0.1) is 11.6 Å². The number of carbonyl (C=O) groups is 2. The van der Waals surface area contributed by atoms with Gasteiger partial charge in [-0.25, -0.2) is 0 Å². The van der Waals surface area contributed by atoms with E-state index in [1.165, 1.54) is 13.2 Å². The fraction of sp³-hybridized carbons (Fsp3) is 0.167. The Morgan fingerprint density at radius 2 is 1.81 bits per heavy atom. The van der Waals surface area contributed by atoms with Gasteiger partial charge in [-0.15, -0.1) is 0 Å². The molecule has 8 heteroatoms. The number of hydrogen-bond acceptors (Lipinski definition) is 4. The Hall–Kier alpha value is -3.06. The zero-order valence-electron chi connectivity index (χ0n) is 17.6. The van der Waals surface area contributed by atoms with Crippen molar-refractivity contribution < 1.29 is 18.7 Å². The highest BCUT2D eigenvalue weighted by Crippen LogP contribution is 2.32. The first kappa shape index (κ1) is 23.6. The largest absolute Gasteiger partial charge is 0.457 e. The molecule has 0 spiro atoms. The summed E-state index contributed by atoms with van der Waals surface area (Å²) in [5.41, 5.74) is 2.10. The highest BCUT2D eigenvalue weighted by Gasteiger charge is 2.16. The van der Waals surface area contributed by atoms with Gasteiger partial charge in [0.15, 0.2) is 0 Å². The van der Waals surface area contributed by atoms with Crippen molar-refractivity contribution in [3.05, 3.63) is 87.2 Å². The third-order valence-corrected chi connectivity index (χ3v) is 5.07. The maximum Gasteiger partial charge on any atom is 0.268 e. The highest BCUT2D eigenvalue weighted by molar-refractivity contribution is 6.35. The van der Waals surface area contributed by atoms with Crippen LogP contribution in [0.15, 0.2) is 64.7 Å². The van der Waals surface area contributed by atoms with E-state index in [4.69, 9.17) is 32.4 Å². The van der Waals surface area contributed by atoms with E-state index in [0.29, 0.717) is 39.3 Å². The van der Waals surface area contributed by atoms with Gasteiger partial charge in [-0.3, -0.25) is 9.59 Å². The summed E-state index contributed by atoms with van der Waals surface area (Å²) in [5.74, 6) is -0.0473. The van der Waals surface area contributed by atoms with Gasteiger partial charge in [-0.05, 0) is 49.4 Å². The third kappa shape index (κ3) is 6.23. The molecule has 2 N–H and O–H groups in total. The predicted molar refractivity (Wildman–Crippen MR) is 126 cm³/mol. The van der Waals surface area contributed by atoms with Crippen LogP contribution in [0.25, 0.3) is 17.4 Å². The molecule has 32 heavy (non-hydrogen) atoms. The fourth-order valence-corrected chi connectivity index (χ4v) is 3.21. The van der Waals surface area contributed by atoms with Crippen LogP contribution in [-0.4, -0.2) is 32.1 Å². The lowest BCUT2D eigenvalue weighted by Crippen LogP contribution is -2.36. The second-order valence-corrected chi connectivity index (χ2v) is 7.80. The van der Waals surface area contributed by atoms with Crippen LogP contribution in [0.5, 0.6) is 0 Å². The summed E-state index contributed by atoms with van der Waals surface area (Å²) < 4.78 is 10.8. The van der Waals surface area contributed by atoms with E-state index >= 15 is 0 Å². The van der Waals surface area contributed by atoms with Crippen molar-refractivity contribution in [2.45, 2.75) is 6.92 Å². The monoisotopic (exact) mass is 472 g/mol. The van der Waals surface area contributed by atoms with Crippen molar-refractivity contribution in [3.8, 4) is 11.3 Å². The van der Waals surface area contributed by atoms with Gasteiger partial charge in [0, 0.05) is 35.9 Å². The van der Waals surface area contributed by atoms with Gasteiger partial charge < -0.3 is 19.8 Å². The molecule has 0 bridgehead atoms. The number of halogens is 2. The summed E-state index contributed by atoms with van der Waals surface area (Å²) in [5, 5.41) is 6.35. The normalized spacial score (nSPS) is 11.3. The molecule has 0 unspecified atom stereocenters. The van der Waals surface area contributed by atoms with Crippen molar-refractivity contribution >= 4 is 41.1 Å². The van der Waals surface area contributed by atoms with Crippen molar-refractivity contribution in [3.63, 3.8) is 0 Å². The molecule has 3 aromatic rings. The smallest absolute Gasteiger partial charge is 0.268 e. The van der Waals surface area contributed by atoms with E-state index < -0.39 is 11.8 Å². The molecule has 1 heterocycles. The number of aryl methyl sites for hydroxylation is 1. The lowest BCUT2D eigenvalue weighted by Gasteiger charge is -2.11. The van der Waals surface area contributed by atoms with Crippen LogP contribution in [0.4, 0.5) is 0 Å². The van der Waals surface area contributed by atoms with Crippen molar-refractivity contribution in [1.82, 2.24) is 10.6 Å². The first-order valence-electron chi connectivity index (χ1n) is 9.79. The van der Waals surface area contributed by atoms with Gasteiger partial charge in [0.1, 0.15) is 17.2 Å². The first-order valence-corrected chi connectivity index (χ1v) is 10.5. The quantitative estimate of drug-likeness (QED) is 0.353. The molecule has 0 fully saturated rings. The molecular weight excluding hydrogens is 451 g/mol. The zero-order chi connectivity index (χ0) is 23.1. The zero-order valence-corrected chi connectivity index (χ0v) is 19.1. The van der Waals surface area contributed by atoms with Crippen LogP contribution in [0, 0.1) is 6.92 Å². The maximum atomic E-state index is 12.7. The van der Waals surface area contributed by atoms with E-state index in [-0.39, 0.29) is 12.2 Å². The van der Waals surface area contributed by atoms with Crippen LogP contribution in [-0.2, 0) is 9.53 Å². The molecule has 0 aliphatic rings. The molecule has 0 atom stereocenters. The standard InChI is InChI=1S/C24H22Cl2N2O4/c1-15-3-5-16(6-4-15)23(29)28-21(24(30)27-11-12-31-2)14-18-8-10-22(32-18)19-13-17(25)7-9-20(19)26/h3-10,13-14H,11-12H2,1-2H3,(H,27,30)(H,28,29). The van der Waals surface area contributed by atoms with E-state index in [1.54, 1.807) is 42.5 Å². The summed E-state index contributed by atoms with van der Waals surface area (Å²) >= 11 is 12.3. The van der Waals surface area contributed by atoms with E-state index in [0.717, 1.165) is 5.56 Å². The van der Waals surface area contributed by atoms with E-state index in [2.05, 4.69) is 10.6 Å². The van der Waals surface area contributed by atoms with Gasteiger partial charge in [-0.1, -0.05) is 40.9 Å². The van der Waals surface area contributed by atoms with Crippen LogP contribution < -0.4 is 10.6 Å². The Balaban J connectivity index is 1.88. The average Bonchev–Trinajstić information content (AvgIpc) is 3.23. The van der Waals surface area contributed by atoms with Gasteiger partial charge in [0.25, 0.3) is 11.8 Å². The summed E-state index contributed by atoms with van der Waals surface area (Å²) in [7, 11) is 1.54. The van der Waals surface area contributed by atoms with Gasteiger partial charge in [0.2, 0.25) is 0 Å². The highest BCUT2D eigenvalue weighted by atomic mass is 35.5. The minimum atomic E-state index is -0.471. The minimum Gasteiger partial charge on any atom is -0.457 e. The number of furan rings is 1. The van der Waals surface area contributed by atoms with Crippen LogP contribution in [0.1, 0.15) is 21.7 Å². The Morgan fingerprint density at radius 3 is 2.53 bits per heavy atom. The van der Waals surface area contributed by atoms with E-state index in [1.807, 2.05) is 19.1 Å². The van der Waals surface area contributed by atoms with Crippen molar-refractivity contribution in [1.29, 1.82) is 0 Å². The molecule has 0 radical (unpaired) electrons. The molecular formula is C24H22Cl2N2O4. The second-order valence-electron chi connectivity index (χ2n) is 6.95. The Bertz CT molecular complexity index is 1140. The molecule has 0 saturated carbocycles.